The fourth-order valence-corrected chi connectivity index (χ4v) is 6.10. The summed E-state index contributed by atoms with van der Waals surface area (Å²) in [5.41, 5.74) is 5.72. The van der Waals surface area contributed by atoms with Crippen LogP contribution in [0.3, 0.4) is 0 Å². The van der Waals surface area contributed by atoms with Crippen molar-refractivity contribution in [2.24, 2.45) is 0 Å². The second kappa shape index (κ2) is 21.8. The smallest absolute Gasteiger partial charge is 0.330 e. The summed E-state index contributed by atoms with van der Waals surface area (Å²) in [6.45, 7) is 5.62. The van der Waals surface area contributed by atoms with E-state index in [0.717, 1.165) is 33.6 Å². The summed E-state index contributed by atoms with van der Waals surface area (Å²) in [6, 6.07) is 35.1. The molecule has 0 unspecified atom stereocenters. The van der Waals surface area contributed by atoms with Gasteiger partial charge in [-0.15, -0.1) is 0 Å². The number of methoxy groups -OCH3 is 2. The van der Waals surface area contributed by atoms with Crippen LogP contribution in [0.1, 0.15) is 28.7 Å². The zero-order chi connectivity index (χ0) is 39.5. The lowest BCUT2D eigenvalue weighted by molar-refractivity contribution is -0.140. The molecule has 294 valence electrons. The minimum absolute atomic E-state index is 0.00994. The first-order chi connectivity index (χ1) is 27.3. The first-order valence-electron chi connectivity index (χ1n) is 18.7. The van der Waals surface area contributed by atoms with Crippen LogP contribution in [-0.4, -0.2) is 101 Å². The normalized spacial score (nSPS) is 14.0. The highest BCUT2D eigenvalue weighted by Gasteiger charge is 2.25. The Morgan fingerprint density at radius 2 is 1.02 bits per heavy atom. The van der Waals surface area contributed by atoms with Gasteiger partial charge in [0.1, 0.15) is 0 Å². The van der Waals surface area contributed by atoms with Gasteiger partial charge in [-0.1, -0.05) is 84.9 Å². The summed E-state index contributed by atoms with van der Waals surface area (Å²) >= 11 is 0. The fraction of sp³-hybridized carbons (Fsp3) is 0.318. The van der Waals surface area contributed by atoms with Gasteiger partial charge in [0.05, 0.1) is 53.7 Å². The van der Waals surface area contributed by atoms with Crippen molar-refractivity contribution < 1.29 is 38.1 Å². The molecule has 2 fully saturated rings. The van der Waals surface area contributed by atoms with Gasteiger partial charge in [0.25, 0.3) is 0 Å². The highest BCUT2D eigenvalue weighted by atomic mass is 16.5. The monoisotopic (exact) mass is 762 g/mol. The number of nitrogens with zero attached hydrogens (tertiary/aromatic N) is 4. The molecular formula is C44H50N4O8. The molecule has 0 radical (unpaired) electrons. The average molecular weight is 763 g/mol. The molecular weight excluding hydrogens is 713 g/mol. The van der Waals surface area contributed by atoms with Gasteiger partial charge in [0.2, 0.25) is 0 Å². The molecule has 0 saturated carbocycles. The molecule has 2 aliphatic heterocycles. The lowest BCUT2D eigenvalue weighted by atomic mass is 10.1. The van der Waals surface area contributed by atoms with Crippen molar-refractivity contribution in [3.8, 4) is 0 Å². The molecule has 0 aromatic heterocycles. The third kappa shape index (κ3) is 12.5. The number of benzene rings is 4. The molecule has 0 bridgehead atoms. The van der Waals surface area contributed by atoms with Crippen molar-refractivity contribution in [2.45, 2.75) is 25.9 Å². The molecule has 4 aromatic carbocycles. The summed E-state index contributed by atoms with van der Waals surface area (Å²) in [5.74, 6) is -0.606. The van der Waals surface area contributed by atoms with Crippen molar-refractivity contribution in [2.75, 3.05) is 76.6 Å². The molecule has 12 nitrogen and oxygen atoms in total. The van der Waals surface area contributed by atoms with Crippen LogP contribution in [-0.2, 0) is 48.0 Å². The van der Waals surface area contributed by atoms with E-state index in [1.807, 2.05) is 119 Å². The quantitative estimate of drug-likeness (QED) is 0.124. The molecule has 2 heterocycles. The largest absolute Gasteiger partial charge is 0.469 e. The zero-order valence-corrected chi connectivity index (χ0v) is 32.1. The molecule has 2 aliphatic rings. The van der Waals surface area contributed by atoms with E-state index in [9.17, 15) is 19.2 Å². The maximum atomic E-state index is 13.1. The van der Waals surface area contributed by atoms with Crippen molar-refractivity contribution in [1.29, 1.82) is 0 Å². The Morgan fingerprint density at radius 3 is 1.45 bits per heavy atom. The first-order valence-corrected chi connectivity index (χ1v) is 18.7. The summed E-state index contributed by atoms with van der Waals surface area (Å²) in [7, 11) is 2.74. The van der Waals surface area contributed by atoms with Crippen LogP contribution in [0.4, 0.5) is 21.0 Å². The molecule has 6 rings (SSSR count). The molecule has 4 aromatic rings. The summed E-state index contributed by atoms with van der Waals surface area (Å²) in [4.78, 5) is 56.0. The summed E-state index contributed by atoms with van der Waals surface area (Å²) in [6.07, 6.45) is 4.08. The van der Waals surface area contributed by atoms with E-state index in [4.69, 9.17) is 9.47 Å². The molecule has 4 amide bonds. The van der Waals surface area contributed by atoms with Crippen LogP contribution in [0.15, 0.2) is 115 Å². The van der Waals surface area contributed by atoms with Crippen LogP contribution in [0.2, 0.25) is 0 Å². The van der Waals surface area contributed by atoms with Crippen LogP contribution < -0.4 is 9.80 Å². The minimum atomic E-state index is -0.393. The Bertz CT molecular complexity index is 1860. The number of amides is 4. The topological polar surface area (TPSA) is 118 Å². The van der Waals surface area contributed by atoms with E-state index < -0.39 is 5.97 Å². The van der Waals surface area contributed by atoms with E-state index in [-0.39, 0.29) is 18.0 Å². The van der Waals surface area contributed by atoms with E-state index >= 15 is 0 Å². The highest BCUT2D eigenvalue weighted by Crippen LogP contribution is 2.22. The van der Waals surface area contributed by atoms with Gasteiger partial charge < -0.3 is 28.7 Å². The van der Waals surface area contributed by atoms with Crippen LogP contribution in [0, 0.1) is 0 Å². The van der Waals surface area contributed by atoms with Gasteiger partial charge in [-0.05, 0) is 59.0 Å². The van der Waals surface area contributed by atoms with Gasteiger partial charge >= 0.3 is 24.0 Å². The fourth-order valence-electron chi connectivity index (χ4n) is 6.10. The van der Waals surface area contributed by atoms with E-state index in [2.05, 4.69) is 9.47 Å². The number of carbonyl (C=O) groups excluding carboxylic acids is 4. The number of esters is 2. The van der Waals surface area contributed by atoms with Crippen LogP contribution in [0.5, 0.6) is 0 Å². The maximum Gasteiger partial charge on any atom is 0.330 e. The zero-order valence-electron chi connectivity index (χ0n) is 32.1. The number of anilines is 2. The van der Waals surface area contributed by atoms with Crippen molar-refractivity contribution in [3.63, 3.8) is 0 Å². The lowest BCUT2D eigenvalue weighted by Gasteiger charge is -2.33. The number of rotatable bonds is 11. The number of morpholine rings is 2. The van der Waals surface area contributed by atoms with Crippen LogP contribution >= 0.6 is 0 Å². The Kier molecular flexibility index (Phi) is 16.0. The Morgan fingerprint density at radius 1 is 0.589 bits per heavy atom. The summed E-state index contributed by atoms with van der Waals surface area (Å²) < 4.78 is 20.0. The van der Waals surface area contributed by atoms with Gasteiger partial charge in [-0.2, -0.15) is 0 Å². The predicted octanol–water partition coefficient (Wildman–Crippen LogP) is 6.58. The van der Waals surface area contributed by atoms with E-state index in [1.54, 1.807) is 15.9 Å². The molecule has 2 saturated heterocycles. The van der Waals surface area contributed by atoms with E-state index in [0.29, 0.717) is 78.5 Å². The molecule has 12 heteroatoms. The van der Waals surface area contributed by atoms with Crippen molar-refractivity contribution in [3.05, 3.63) is 138 Å². The summed E-state index contributed by atoms with van der Waals surface area (Å²) in [5, 5.41) is 0. The van der Waals surface area contributed by atoms with Gasteiger partial charge in [-0.25, -0.2) is 14.4 Å². The number of ether oxygens (including phenoxy) is 4. The van der Waals surface area contributed by atoms with Crippen molar-refractivity contribution >= 4 is 41.5 Å². The Balaban J connectivity index is 0.000000214. The number of para-hydroxylation sites is 2. The molecule has 0 spiro atoms. The number of carbonyl (C=O) groups is 4. The number of hydrogen-bond donors (Lipinski definition) is 0. The molecule has 0 N–H and O–H groups in total. The third-order valence-electron chi connectivity index (χ3n) is 9.30. The molecule has 56 heavy (non-hydrogen) atoms. The van der Waals surface area contributed by atoms with Crippen LogP contribution in [0.25, 0.3) is 6.08 Å². The first kappa shape index (κ1) is 41.2. The average Bonchev–Trinajstić information content (AvgIpc) is 3.27. The van der Waals surface area contributed by atoms with Gasteiger partial charge in [-0.3, -0.25) is 14.6 Å². The SMILES string of the molecule is COC(=O)/C=C/c1ccc(CN(C(=O)N2CCOCC2)c2ccccc2)cc1.COC(=O)CCc1ccc(CN(C(=O)N2CCOCC2)c2ccccc2)cc1. The van der Waals surface area contributed by atoms with Gasteiger partial charge in [0.15, 0.2) is 0 Å². The number of urea groups is 2. The Hall–Kier alpha value is -5.98. The predicted molar refractivity (Wildman–Crippen MR) is 215 cm³/mol. The van der Waals surface area contributed by atoms with Gasteiger partial charge in [0, 0.05) is 50.1 Å². The van der Waals surface area contributed by atoms with E-state index in [1.165, 1.54) is 20.3 Å². The number of aryl methyl sites for hydroxylation is 1. The standard InChI is InChI=1S/C22H26N2O4.C22H24N2O4/c2*1-27-21(25)12-11-18-7-9-19(10-8-18)17-24(20-5-3-2-4-6-20)22(26)23-13-15-28-16-14-23/h2-10H,11-17H2,1H3;2-12H,13-17H2,1H3/b;12-11+. The lowest BCUT2D eigenvalue weighted by Crippen LogP contribution is -2.48. The minimum Gasteiger partial charge on any atom is -0.469 e. The Labute approximate surface area is 328 Å². The molecule has 0 atom stereocenters. The maximum absolute atomic E-state index is 13.1. The number of hydrogen-bond acceptors (Lipinski definition) is 8. The molecule has 0 aliphatic carbocycles. The highest BCUT2D eigenvalue weighted by molar-refractivity contribution is 5.93. The third-order valence-corrected chi connectivity index (χ3v) is 9.30. The second-order valence-corrected chi connectivity index (χ2v) is 13.1. The van der Waals surface area contributed by atoms with Crippen molar-refractivity contribution in [1.82, 2.24) is 9.80 Å². The second-order valence-electron chi connectivity index (χ2n) is 13.1.